The summed E-state index contributed by atoms with van der Waals surface area (Å²) in [5.74, 6) is 0.00995. The second-order valence-electron chi connectivity index (χ2n) is 13.3. The van der Waals surface area contributed by atoms with E-state index in [1.54, 1.807) is 11.8 Å². The number of carboxylic acids is 2. The number of amides is 1. The summed E-state index contributed by atoms with van der Waals surface area (Å²) in [6.07, 6.45) is 1.99. The van der Waals surface area contributed by atoms with Crippen molar-refractivity contribution >= 4 is 29.6 Å². The lowest BCUT2D eigenvalue weighted by Crippen LogP contribution is -2.33. The highest BCUT2D eigenvalue weighted by Gasteiger charge is 2.35. The lowest BCUT2D eigenvalue weighted by atomic mass is 9.78. The number of phenolic OH excluding ortho intramolecular Hbond substituents is 1. The molecule has 1 fully saturated rings. The molecule has 0 aromatic heterocycles. The lowest BCUT2D eigenvalue weighted by molar-refractivity contribution is -0.194. The Bertz CT molecular complexity index is 1380. The molecule has 3 N–H and O–H groups in total. The molecule has 0 aliphatic carbocycles. The van der Waals surface area contributed by atoms with Crippen molar-refractivity contribution in [3.63, 3.8) is 0 Å². The van der Waals surface area contributed by atoms with E-state index in [0.717, 1.165) is 53.3 Å². The van der Waals surface area contributed by atoms with Crippen LogP contribution >= 0.6 is 11.8 Å². The fourth-order valence-corrected chi connectivity index (χ4v) is 6.18. The summed E-state index contributed by atoms with van der Waals surface area (Å²) in [6, 6.07) is 9.97. The average Bonchev–Trinajstić information content (AvgIpc) is 3.57. The van der Waals surface area contributed by atoms with Crippen LogP contribution in [0.15, 0.2) is 42.5 Å². The number of carbonyl (C=O) groups is 3. The van der Waals surface area contributed by atoms with Gasteiger partial charge in [0.1, 0.15) is 30.1 Å². The van der Waals surface area contributed by atoms with Crippen molar-refractivity contribution in [3.05, 3.63) is 64.7 Å². The molecular formula is C34H46N2O9S. The van der Waals surface area contributed by atoms with Crippen LogP contribution in [0.3, 0.4) is 0 Å². The summed E-state index contributed by atoms with van der Waals surface area (Å²) in [5.41, 5.74) is 3.58. The van der Waals surface area contributed by atoms with Gasteiger partial charge in [-0.05, 0) is 71.8 Å². The largest absolute Gasteiger partial charge is 0.507 e. The Balaban J connectivity index is 0.000000637. The minimum absolute atomic E-state index is 0.0371. The Morgan fingerprint density at radius 2 is 1.63 bits per heavy atom. The van der Waals surface area contributed by atoms with Gasteiger partial charge in [-0.15, -0.1) is 11.8 Å². The molecule has 11 nitrogen and oxygen atoms in total. The number of benzene rings is 2. The Kier molecular flexibility index (Phi) is 12.5. The van der Waals surface area contributed by atoms with Crippen LogP contribution in [0.1, 0.15) is 75.6 Å². The van der Waals surface area contributed by atoms with Gasteiger partial charge in [0.2, 0.25) is 5.91 Å². The maximum Gasteiger partial charge on any atom is 0.328 e. The number of hydrogen-bond donors (Lipinski definition) is 3. The van der Waals surface area contributed by atoms with Crippen LogP contribution in [-0.2, 0) is 36.7 Å². The molecule has 1 amide bonds. The molecule has 2 heterocycles. The van der Waals surface area contributed by atoms with Crippen LogP contribution in [-0.4, -0.2) is 82.0 Å². The summed E-state index contributed by atoms with van der Waals surface area (Å²) in [5, 5.41) is 26.7. The maximum absolute atomic E-state index is 12.9. The number of likely N-dealkylation sites (N-methyl/N-ethyl adjacent to an activating group) is 1. The van der Waals surface area contributed by atoms with E-state index in [1.807, 2.05) is 23.1 Å². The van der Waals surface area contributed by atoms with Crippen molar-refractivity contribution in [1.29, 1.82) is 0 Å². The molecule has 2 aromatic carbocycles. The normalized spacial score (nSPS) is 16.3. The van der Waals surface area contributed by atoms with Crippen LogP contribution in [0.25, 0.3) is 0 Å². The summed E-state index contributed by atoms with van der Waals surface area (Å²) in [6.45, 7) is 16.1. The molecule has 0 unspecified atom stereocenters. The first-order valence-electron chi connectivity index (χ1n) is 15.1. The number of carboxylic acid groups (broad SMARTS) is 2. The highest BCUT2D eigenvalue weighted by atomic mass is 32.2. The molecule has 2 aromatic rings. The van der Waals surface area contributed by atoms with Gasteiger partial charge in [-0.25, -0.2) is 9.59 Å². The van der Waals surface area contributed by atoms with Gasteiger partial charge in [0.15, 0.2) is 5.75 Å². The van der Waals surface area contributed by atoms with Crippen molar-refractivity contribution in [1.82, 2.24) is 9.80 Å². The van der Waals surface area contributed by atoms with E-state index in [-0.39, 0.29) is 22.1 Å². The molecule has 2 aliphatic rings. The zero-order chi connectivity index (χ0) is 34.2. The first-order chi connectivity index (χ1) is 21.5. The second kappa shape index (κ2) is 15.7. The summed E-state index contributed by atoms with van der Waals surface area (Å²) >= 11 is 1.68. The molecule has 0 saturated carbocycles. The van der Waals surface area contributed by atoms with E-state index in [2.05, 4.69) is 65.6 Å². The highest BCUT2D eigenvalue weighted by molar-refractivity contribution is 8.00. The van der Waals surface area contributed by atoms with E-state index in [1.165, 1.54) is 0 Å². The Morgan fingerprint density at radius 3 is 2.20 bits per heavy atom. The number of aliphatic carboxylic acids is 2. The van der Waals surface area contributed by atoms with E-state index in [9.17, 15) is 19.5 Å². The molecular weight excluding hydrogens is 612 g/mol. The van der Waals surface area contributed by atoms with Gasteiger partial charge >= 0.3 is 11.9 Å². The fourth-order valence-electron chi connectivity index (χ4n) is 4.98. The summed E-state index contributed by atoms with van der Waals surface area (Å²) < 4.78 is 5.89. The quantitative estimate of drug-likeness (QED) is 0.208. The fraction of sp³-hybridized carbons (Fsp3) is 0.500. The van der Waals surface area contributed by atoms with Gasteiger partial charge in [-0.1, -0.05) is 41.5 Å². The number of hydrogen-bond acceptors (Lipinski definition) is 9. The highest BCUT2D eigenvalue weighted by Crippen LogP contribution is 2.45. The molecule has 0 bridgehead atoms. The molecule has 2 aliphatic heterocycles. The number of phenols is 1. The minimum Gasteiger partial charge on any atom is -0.507 e. The summed E-state index contributed by atoms with van der Waals surface area (Å²) in [7, 11) is 2.08. The van der Waals surface area contributed by atoms with Gasteiger partial charge in [-0.2, -0.15) is 4.89 Å². The average molecular weight is 659 g/mol. The summed E-state index contributed by atoms with van der Waals surface area (Å²) in [4.78, 5) is 46.3. The molecule has 4 rings (SSSR count). The van der Waals surface area contributed by atoms with E-state index in [4.69, 9.17) is 24.7 Å². The minimum atomic E-state index is -1.26. The van der Waals surface area contributed by atoms with Gasteiger partial charge in [0.25, 0.3) is 0 Å². The van der Waals surface area contributed by atoms with Crippen LogP contribution in [0, 0.1) is 0 Å². The SMILES string of the molecule is CN(CCCN1C(=O)CS[C@H]1c1cc(C(C)(C)C)c(O)c(C(C)(C)C)c1)CCOc1ccc2c(c1)OOC2.O=C(O)/C=C/C(=O)O. The molecule has 1 atom stereocenters. The first kappa shape index (κ1) is 36.7. The van der Waals surface area contributed by atoms with Crippen LogP contribution in [0.4, 0.5) is 0 Å². The number of fused-ring (bicyclic) bond motifs is 1. The standard InChI is InChI=1S/C30H42N2O5S.C4H4O4/c1-29(2,3)23-15-21(16-24(27(23)34)30(4,5)6)28-32(26(33)19-38-28)12-8-11-31(7)13-14-35-22-10-9-20-18-36-37-25(20)17-22;5-3(6)1-2-4(7)8/h9-10,15-17,28,34H,8,11-14,18-19H2,1-7H3;1-2H,(H,5,6)(H,7,8)/b;2-1+/t28-;/m0./s1. The number of ether oxygens (including phenoxy) is 1. The zero-order valence-electron chi connectivity index (χ0n) is 27.7. The number of carbonyl (C=O) groups excluding carboxylic acids is 1. The molecule has 1 saturated heterocycles. The molecule has 0 spiro atoms. The van der Waals surface area contributed by atoms with Crippen LogP contribution in [0.5, 0.6) is 17.2 Å². The van der Waals surface area contributed by atoms with Crippen molar-refractivity contribution in [3.8, 4) is 17.2 Å². The third-order valence-electron chi connectivity index (χ3n) is 7.45. The van der Waals surface area contributed by atoms with Gasteiger partial charge in [-0.3, -0.25) is 4.79 Å². The van der Waals surface area contributed by atoms with E-state index < -0.39 is 11.9 Å². The van der Waals surface area contributed by atoms with Gasteiger partial charge in [0, 0.05) is 36.9 Å². The van der Waals surface area contributed by atoms with E-state index in [0.29, 0.717) is 43.4 Å². The predicted octanol–water partition coefficient (Wildman–Crippen LogP) is 5.50. The Hall–Kier alpha value is -3.74. The third-order valence-corrected chi connectivity index (χ3v) is 8.71. The van der Waals surface area contributed by atoms with Crippen molar-refractivity contribution < 1.29 is 44.2 Å². The van der Waals surface area contributed by atoms with Crippen LogP contribution in [0.2, 0.25) is 0 Å². The van der Waals surface area contributed by atoms with Crippen molar-refractivity contribution in [2.75, 3.05) is 39.0 Å². The van der Waals surface area contributed by atoms with Gasteiger partial charge in [0.05, 0.1) is 5.75 Å². The monoisotopic (exact) mass is 658 g/mol. The molecule has 12 heteroatoms. The number of thioether (sulfide) groups is 1. The first-order valence-corrected chi connectivity index (χ1v) is 16.2. The zero-order valence-corrected chi connectivity index (χ0v) is 28.5. The Morgan fingerprint density at radius 1 is 1.02 bits per heavy atom. The number of rotatable bonds is 11. The lowest BCUT2D eigenvalue weighted by Gasteiger charge is -2.31. The maximum atomic E-state index is 12.9. The second-order valence-corrected chi connectivity index (χ2v) is 14.4. The molecule has 0 radical (unpaired) electrons. The number of nitrogens with zero attached hydrogens (tertiary/aromatic N) is 2. The van der Waals surface area contributed by atoms with E-state index >= 15 is 0 Å². The van der Waals surface area contributed by atoms with Gasteiger partial charge < -0.3 is 34.7 Å². The molecule has 252 valence electrons. The topological polar surface area (TPSA) is 146 Å². The Labute approximate surface area is 275 Å². The predicted molar refractivity (Wildman–Crippen MR) is 176 cm³/mol. The molecule has 46 heavy (non-hydrogen) atoms. The van der Waals surface area contributed by atoms with Crippen molar-refractivity contribution in [2.45, 2.75) is 70.8 Å². The third kappa shape index (κ3) is 10.4. The van der Waals surface area contributed by atoms with Crippen LogP contribution < -0.4 is 9.62 Å². The number of aromatic hydroxyl groups is 1. The van der Waals surface area contributed by atoms with Crippen molar-refractivity contribution in [2.24, 2.45) is 0 Å². The smallest absolute Gasteiger partial charge is 0.328 e.